The Morgan fingerprint density at radius 1 is 0.391 bits per heavy atom. The fraction of sp³-hybridized carbons (Fsp3) is 0.353. The molecule has 0 aliphatic carbocycles. The molecule has 0 radical (unpaired) electrons. The summed E-state index contributed by atoms with van der Waals surface area (Å²) < 4.78 is 6.42. The molecule has 10 heterocycles. The van der Waals surface area contributed by atoms with Crippen LogP contribution in [0, 0.1) is 27.7 Å². The van der Waals surface area contributed by atoms with Crippen LogP contribution in [0.25, 0.3) is 88.7 Å². The second-order valence-corrected chi connectivity index (χ2v) is 23.4. The van der Waals surface area contributed by atoms with Crippen molar-refractivity contribution in [2.45, 2.75) is 159 Å². The summed E-state index contributed by atoms with van der Waals surface area (Å²) >= 11 is 0. The quantitative estimate of drug-likeness (QED) is 0.0380. The summed E-state index contributed by atoms with van der Waals surface area (Å²) in [6.45, 7) is 22.2. The lowest BCUT2D eigenvalue weighted by Crippen LogP contribution is -2.09. The average molecular weight is 1180 g/mol. The first kappa shape index (κ1) is 61.1. The van der Waals surface area contributed by atoms with E-state index in [-0.39, 0.29) is 51.4 Å². The predicted molar refractivity (Wildman–Crippen MR) is 337 cm³/mol. The number of aliphatic carboxylic acids is 3. The minimum absolute atomic E-state index is 0.0721. The molecule has 4 aliphatic heterocycles. The highest BCUT2D eigenvalue weighted by Gasteiger charge is 2.28. The number of nitrogens with one attached hydrogen (secondary N) is 4. The fourth-order valence-corrected chi connectivity index (χ4v) is 12.9. The predicted octanol–water partition coefficient (Wildman–Crippen LogP) is 13.2. The molecule has 10 N–H and O–H groups in total. The van der Waals surface area contributed by atoms with Crippen LogP contribution in [0.2, 0.25) is 0 Å². The highest BCUT2D eigenvalue weighted by molar-refractivity contribution is 5.99. The van der Waals surface area contributed by atoms with Gasteiger partial charge in [0, 0.05) is 92.1 Å². The van der Waals surface area contributed by atoms with Crippen molar-refractivity contribution in [3.8, 4) is 0 Å². The number of aliphatic hydroxyl groups excluding tert-OH is 3. The van der Waals surface area contributed by atoms with Gasteiger partial charge in [0.1, 0.15) is 6.10 Å². The molecule has 0 saturated carbocycles. The second-order valence-electron chi connectivity index (χ2n) is 23.4. The highest BCUT2D eigenvalue weighted by atomic mass is 16.5. The van der Waals surface area contributed by atoms with Crippen molar-refractivity contribution in [1.29, 1.82) is 0 Å². The van der Waals surface area contributed by atoms with Gasteiger partial charge in [-0.3, -0.25) is 19.2 Å². The molecule has 19 nitrogen and oxygen atoms in total. The number of carboxylic acid groups (broad SMARTS) is 3. The van der Waals surface area contributed by atoms with Crippen LogP contribution in [0.15, 0.2) is 48.5 Å². The van der Waals surface area contributed by atoms with Crippen molar-refractivity contribution in [3.63, 3.8) is 0 Å². The molecule has 0 amide bonds. The van der Waals surface area contributed by atoms with Crippen molar-refractivity contribution in [2.24, 2.45) is 0 Å². The van der Waals surface area contributed by atoms with Gasteiger partial charge in [-0.15, -0.1) is 0 Å². The zero-order valence-electron chi connectivity index (χ0n) is 51.1. The average Bonchev–Trinajstić information content (AvgIpc) is 1.72. The number of esters is 1. The summed E-state index contributed by atoms with van der Waals surface area (Å²) in [6, 6.07) is 15.0. The summed E-state index contributed by atoms with van der Waals surface area (Å²) in [6.07, 6.45) is -3.20. The first-order valence-corrected chi connectivity index (χ1v) is 29.4. The summed E-state index contributed by atoms with van der Waals surface area (Å²) in [5, 5.41) is 63.2. The lowest BCUT2D eigenvalue weighted by Gasteiger charge is -2.14. The molecule has 4 aliphatic rings. The maximum absolute atomic E-state index is 14.6. The van der Waals surface area contributed by atoms with Gasteiger partial charge in [0.15, 0.2) is 0 Å². The van der Waals surface area contributed by atoms with Gasteiger partial charge in [-0.2, -0.15) is 0 Å². The van der Waals surface area contributed by atoms with E-state index in [1.807, 2.05) is 104 Å². The Bertz CT molecular complexity index is 4420. The molecule has 0 saturated heterocycles. The van der Waals surface area contributed by atoms with E-state index in [1.54, 1.807) is 27.7 Å². The molecule has 6 aromatic rings. The largest absolute Gasteiger partial charge is 0.481 e. The number of carbonyl (C=O) groups is 4. The lowest BCUT2D eigenvalue weighted by atomic mass is 9.98. The van der Waals surface area contributed by atoms with Crippen molar-refractivity contribution < 1.29 is 54.6 Å². The van der Waals surface area contributed by atoms with Crippen LogP contribution in [0.4, 0.5) is 0 Å². The smallest absolute Gasteiger partial charge is 0.306 e. The molecular formula is C68H74N8O11. The van der Waals surface area contributed by atoms with Crippen molar-refractivity contribution >= 4 is 113 Å². The summed E-state index contributed by atoms with van der Waals surface area (Å²) in [4.78, 5) is 85.2. The standard InChI is InChI=1S/C68H74N8O11/c1-29-41(13-17-61(80)81)53-27-55-43(15-19-63(84)85)31(3)48(72-55)24-60-68(36(8)52(76-60)26-59-66(38(10)78)34(6)50(74-59)22-45(29)69-53)40(12)87-64(86)20-16-44-32(4)47-23-57-67(39(11)79)35(7)51(75-57)25-58-65(37(9)77)33(5)49(73-58)21-46-30(2)42(14-18-62(82)83)54(70-46)28-56(44)71-47/h21-28,37-40,72-73,75-79H,13-20H2,1-12H3,(H,80,81)(H,82,83)(H,84,85). The molecule has 19 heteroatoms. The number of hydrogen-bond donors (Lipinski definition) is 10. The summed E-state index contributed by atoms with van der Waals surface area (Å²) in [5.74, 6) is -3.40. The number of carboxylic acids is 3. The molecular weight excluding hydrogens is 1100 g/mol. The number of hydrogen-bond acceptors (Lipinski definition) is 12. The van der Waals surface area contributed by atoms with Crippen LogP contribution in [0.5, 0.6) is 0 Å². The number of H-pyrrole nitrogens is 4. The number of carbonyl (C=O) groups excluding carboxylic acids is 1. The number of allylic oxidation sites excluding steroid dienone is 7. The van der Waals surface area contributed by atoms with E-state index in [0.717, 1.165) is 66.8 Å². The van der Waals surface area contributed by atoms with Crippen LogP contribution < -0.4 is 0 Å². The molecule has 4 unspecified atom stereocenters. The third-order valence-corrected chi connectivity index (χ3v) is 17.6. The van der Waals surface area contributed by atoms with Crippen LogP contribution in [0.1, 0.15) is 209 Å². The molecule has 0 aromatic carbocycles. The molecule has 0 fully saturated rings. The Hall–Kier alpha value is -9.04. The Morgan fingerprint density at radius 3 is 1.23 bits per heavy atom. The van der Waals surface area contributed by atoms with Crippen molar-refractivity contribution in [2.75, 3.05) is 0 Å². The lowest BCUT2D eigenvalue weighted by molar-refractivity contribution is -0.148. The van der Waals surface area contributed by atoms with Gasteiger partial charge < -0.3 is 55.3 Å². The Morgan fingerprint density at radius 2 is 0.736 bits per heavy atom. The van der Waals surface area contributed by atoms with Crippen LogP contribution >= 0.6 is 0 Å². The monoisotopic (exact) mass is 1180 g/mol. The number of rotatable bonds is 17. The first-order chi connectivity index (χ1) is 41.2. The number of nitrogens with zero attached hydrogens (tertiary/aromatic N) is 4. The molecule has 452 valence electrons. The van der Waals surface area contributed by atoms with Crippen LogP contribution in [-0.4, -0.2) is 100 Å². The first-order valence-electron chi connectivity index (χ1n) is 29.4. The van der Waals surface area contributed by atoms with E-state index >= 15 is 0 Å². The molecule has 4 atom stereocenters. The fourth-order valence-electron chi connectivity index (χ4n) is 12.9. The van der Waals surface area contributed by atoms with E-state index in [2.05, 4.69) is 19.9 Å². The van der Waals surface area contributed by atoms with Crippen molar-refractivity contribution in [3.05, 3.63) is 139 Å². The minimum Gasteiger partial charge on any atom is -0.481 e. The van der Waals surface area contributed by atoms with Gasteiger partial charge in [-0.05, 0) is 224 Å². The van der Waals surface area contributed by atoms with E-state index in [9.17, 15) is 49.8 Å². The van der Waals surface area contributed by atoms with Crippen LogP contribution in [0.3, 0.4) is 0 Å². The number of aryl methyl sites for hydroxylation is 5. The van der Waals surface area contributed by atoms with Crippen LogP contribution in [-0.2, 0) is 30.3 Å². The van der Waals surface area contributed by atoms with Gasteiger partial charge in [0.05, 0.1) is 63.9 Å². The van der Waals surface area contributed by atoms with E-state index in [1.165, 1.54) is 0 Å². The number of ether oxygens (including phenoxy) is 1. The van der Waals surface area contributed by atoms with E-state index in [0.29, 0.717) is 112 Å². The third kappa shape index (κ3) is 11.9. The van der Waals surface area contributed by atoms with Gasteiger partial charge in [0.2, 0.25) is 0 Å². The van der Waals surface area contributed by atoms with Gasteiger partial charge in [0.25, 0.3) is 0 Å². The van der Waals surface area contributed by atoms with Gasteiger partial charge in [-0.25, -0.2) is 19.9 Å². The molecule has 87 heavy (non-hydrogen) atoms. The zero-order valence-corrected chi connectivity index (χ0v) is 51.1. The Labute approximate surface area is 502 Å². The molecule has 6 aromatic heterocycles. The summed E-state index contributed by atoms with van der Waals surface area (Å²) in [7, 11) is 0. The minimum atomic E-state index is -0.971. The number of fused-ring (bicyclic) bond motifs is 16. The SMILES string of the molecule is CC1=C(CCC(=O)O)c2cc3nc(cc4[nH]c(cc5[nH]c(cc1n2)c(C)c5C(C)O)c(C)c4C(C)O)C(C)=C3CCC(=O)OC(C)c1c(C)c2cc3nc(cc4nc(cc5[nH]c(cc1[nH]2)c(C)c5CCC(=O)O)C(CCC(=O)O)=C4C)C(C)=C3C(C)O. The third-order valence-electron chi connectivity index (χ3n) is 17.6. The number of aromatic amines is 4. The maximum atomic E-state index is 14.6. The second kappa shape index (κ2) is 24.0. The summed E-state index contributed by atoms with van der Waals surface area (Å²) in [5.41, 5.74) is 21.5. The Kier molecular flexibility index (Phi) is 16.9. The van der Waals surface area contributed by atoms with E-state index < -0.39 is 48.3 Å². The molecule has 10 rings (SSSR count). The zero-order chi connectivity index (χ0) is 62.8. The maximum Gasteiger partial charge on any atom is 0.306 e. The normalized spacial score (nSPS) is 14.9. The van der Waals surface area contributed by atoms with Gasteiger partial charge in [-0.1, -0.05) is 0 Å². The molecule has 0 spiro atoms. The van der Waals surface area contributed by atoms with Crippen molar-refractivity contribution in [1.82, 2.24) is 39.9 Å². The Balaban J connectivity index is 1.09. The topological polar surface area (TPSA) is 314 Å². The highest BCUT2D eigenvalue weighted by Crippen LogP contribution is 2.42. The van der Waals surface area contributed by atoms with Gasteiger partial charge >= 0.3 is 23.9 Å². The molecule has 16 bridgehead atoms. The van der Waals surface area contributed by atoms with E-state index in [4.69, 9.17) is 24.7 Å². The number of aromatic nitrogens is 8. The number of aliphatic hydroxyl groups is 3.